The van der Waals surface area contributed by atoms with E-state index < -0.39 is 0 Å². The van der Waals surface area contributed by atoms with Gasteiger partial charge in [-0.15, -0.1) is 0 Å². The summed E-state index contributed by atoms with van der Waals surface area (Å²) in [5, 5.41) is 11.0. The molecular weight excluding hydrogens is 306 g/mol. The van der Waals surface area contributed by atoms with Crippen molar-refractivity contribution in [2.75, 3.05) is 26.2 Å². The number of aromatic amines is 1. The quantitative estimate of drug-likeness (QED) is 0.739. The molecule has 7 heteroatoms. The van der Waals surface area contributed by atoms with E-state index in [-0.39, 0.29) is 24.2 Å². The second-order valence-electron chi connectivity index (χ2n) is 6.15. The Kier molecular flexibility index (Phi) is 5.10. The molecular formula is C17H23N5O2. The molecule has 0 bridgehead atoms. The molecule has 7 nitrogen and oxygen atoms in total. The predicted molar refractivity (Wildman–Crippen MR) is 91.2 cm³/mol. The number of fused-ring (bicyclic) bond motifs is 1. The highest BCUT2D eigenvalue weighted by atomic mass is 16.2. The number of H-pyrrole nitrogens is 1. The number of nitrogens with zero attached hydrogens (tertiary/aromatic N) is 2. The maximum absolute atomic E-state index is 12.6. The number of piperidine rings is 1. The SMILES string of the molecule is NCCNC(=O)C1CCCN(C(=O)Cc2[nH]nc3ccccc23)C1. The lowest BCUT2D eigenvalue weighted by atomic mass is 9.96. The normalized spacial score (nSPS) is 17.9. The number of likely N-dealkylation sites (tertiary alicyclic amines) is 1. The topological polar surface area (TPSA) is 104 Å². The van der Waals surface area contributed by atoms with Gasteiger partial charge >= 0.3 is 0 Å². The number of nitrogens with one attached hydrogen (secondary N) is 2. The van der Waals surface area contributed by atoms with Crippen LogP contribution in [0.5, 0.6) is 0 Å². The molecule has 1 aromatic carbocycles. The zero-order valence-electron chi connectivity index (χ0n) is 13.6. The van der Waals surface area contributed by atoms with Crippen LogP contribution in [0, 0.1) is 5.92 Å². The van der Waals surface area contributed by atoms with E-state index in [0.29, 0.717) is 26.2 Å². The number of hydrogen-bond acceptors (Lipinski definition) is 4. The fraction of sp³-hybridized carbons (Fsp3) is 0.471. The Balaban J connectivity index is 1.63. The molecule has 1 saturated heterocycles. The highest BCUT2D eigenvalue weighted by Crippen LogP contribution is 2.20. The van der Waals surface area contributed by atoms with Crippen molar-refractivity contribution in [1.82, 2.24) is 20.4 Å². The Hall–Kier alpha value is -2.41. The average molecular weight is 329 g/mol. The van der Waals surface area contributed by atoms with Gasteiger partial charge in [0.15, 0.2) is 0 Å². The predicted octanol–water partition coefficient (Wildman–Crippen LogP) is 0.419. The second-order valence-corrected chi connectivity index (χ2v) is 6.15. The van der Waals surface area contributed by atoms with Gasteiger partial charge in [0.2, 0.25) is 11.8 Å². The van der Waals surface area contributed by atoms with Crippen molar-refractivity contribution in [2.24, 2.45) is 11.7 Å². The Morgan fingerprint density at radius 1 is 1.38 bits per heavy atom. The van der Waals surface area contributed by atoms with Crippen LogP contribution >= 0.6 is 0 Å². The van der Waals surface area contributed by atoms with Crippen molar-refractivity contribution in [2.45, 2.75) is 19.3 Å². The van der Waals surface area contributed by atoms with Crippen LogP contribution < -0.4 is 11.1 Å². The highest BCUT2D eigenvalue weighted by molar-refractivity contribution is 5.87. The van der Waals surface area contributed by atoms with Crippen molar-refractivity contribution >= 4 is 22.7 Å². The van der Waals surface area contributed by atoms with E-state index in [2.05, 4.69) is 15.5 Å². The fourth-order valence-corrected chi connectivity index (χ4v) is 3.17. The van der Waals surface area contributed by atoms with Crippen LogP contribution in [0.1, 0.15) is 18.5 Å². The molecule has 128 valence electrons. The number of nitrogens with two attached hydrogens (primary N) is 1. The maximum Gasteiger partial charge on any atom is 0.228 e. The monoisotopic (exact) mass is 329 g/mol. The Morgan fingerprint density at radius 2 is 2.21 bits per heavy atom. The maximum atomic E-state index is 12.6. The van der Waals surface area contributed by atoms with Gasteiger partial charge in [-0.2, -0.15) is 5.10 Å². The molecule has 2 aromatic rings. The smallest absolute Gasteiger partial charge is 0.228 e. The van der Waals surface area contributed by atoms with Crippen molar-refractivity contribution < 1.29 is 9.59 Å². The van der Waals surface area contributed by atoms with Crippen LogP contribution in [0.2, 0.25) is 0 Å². The molecule has 1 aliphatic heterocycles. The summed E-state index contributed by atoms with van der Waals surface area (Å²) >= 11 is 0. The van der Waals surface area contributed by atoms with Gasteiger partial charge in [-0.05, 0) is 18.9 Å². The van der Waals surface area contributed by atoms with Gasteiger partial charge in [-0.1, -0.05) is 18.2 Å². The first kappa shape index (κ1) is 16.4. The molecule has 3 rings (SSSR count). The molecule has 4 N–H and O–H groups in total. The van der Waals surface area contributed by atoms with E-state index in [1.54, 1.807) is 4.90 Å². The van der Waals surface area contributed by atoms with E-state index in [0.717, 1.165) is 29.4 Å². The van der Waals surface area contributed by atoms with Crippen LogP contribution in [-0.2, 0) is 16.0 Å². The number of benzene rings is 1. The lowest BCUT2D eigenvalue weighted by Gasteiger charge is -2.32. The summed E-state index contributed by atoms with van der Waals surface area (Å²) in [5.41, 5.74) is 7.10. The number of amides is 2. The van der Waals surface area contributed by atoms with E-state index in [1.807, 2.05) is 24.3 Å². The number of carbonyl (C=O) groups is 2. The minimum Gasteiger partial charge on any atom is -0.355 e. The van der Waals surface area contributed by atoms with Crippen LogP contribution in [0.4, 0.5) is 0 Å². The summed E-state index contributed by atoms with van der Waals surface area (Å²) in [6, 6.07) is 7.73. The molecule has 1 aromatic heterocycles. The molecule has 2 heterocycles. The molecule has 2 amide bonds. The first-order chi connectivity index (χ1) is 11.7. The molecule has 0 aliphatic carbocycles. The summed E-state index contributed by atoms with van der Waals surface area (Å²) < 4.78 is 0. The number of carbonyl (C=O) groups excluding carboxylic acids is 2. The average Bonchev–Trinajstić information content (AvgIpc) is 3.03. The minimum atomic E-state index is -0.146. The van der Waals surface area contributed by atoms with Gasteiger partial charge in [0.05, 0.1) is 23.5 Å². The Morgan fingerprint density at radius 3 is 3.04 bits per heavy atom. The Labute approximate surface area is 140 Å². The lowest BCUT2D eigenvalue weighted by Crippen LogP contribution is -2.46. The minimum absolute atomic E-state index is 0.00931. The summed E-state index contributed by atoms with van der Waals surface area (Å²) in [5.74, 6) is -0.126. The van der Waals surface area contributed by atoms with Crippen LogP contribution in [0.25, 0.3) is 10.9 Å². The summed E-state index contributed by atoms with van der Waals surface area (Å²) in [6.45, 7) is 2.07. The third kappa shape index (κ3) is 3.56. The molecule has 1 fully saturated rings. The number of rotatable bonds is 5. The molecule has 24 heavy (non-hydrogen) atoms. The molecule has 0 saturated carbocycles. The summed E-state index contributed by atoms with van der Waals surface area (Å²) in [6.07, 6.45) is 1.93. The highest BCUT2D eigenvalue weighted by Gasteiger charge is 2.28. The van der Waals surface area contributed by atoms with Crippen molar-refractivity contribution in [3.8, 4) is 0 Å². The molecule has 1 unspecified atom stereocenters. The van der Waals surface area contributed by atoms with Crippen LogP contribution in [0.15, 0.2) is 24.3 Å². The zero-order chi connectivity index (χ0) is 16.9. The zero-order valence-corrected chi connectivity index (χ0v) is 13.6. The lowest BCUT2D eigenvalue weighted by molar-refractivity contribution is -0.135. The first-order valence-corrected chi connectivity index (χ1v) is 8.36. The fourth-order valence-electron chi connectivity index (χ4n) is 3.17. The third-order valence-electron chi connectivity index (χ3n) is 4.46. The van der Waals surface area contributed by atoms with Gasteiger partial charge in [0.1, 0.15) is 0 Å². The van der Waals surface area contributed by atoms with Gasteiger partial charge in [0, 0.05) is 31.6 Å². The van der Waals surface area contributed by atoms with Gasteiger partial charge in [-0.3, -0.25) is 14.7 Å². The van der Waals surface area contributed by atoms with Gasteiger partial charge in [-0.25, -0.2) is 0 Å². The standard InChI is InChI=1S/C17H23N5O2/c18-7-8-19-17(24)12-4-3-9-22(11-12)16(23)10-15-13-5-1-2-6-14(13)20-21-15/h1-2,5-6,12H,3-4,7-11,18H2,(H,19,24)(H,20,21). The van der Waals surface area contributed by atoms with E-state index in [1.165, 1.54) is 0 Å². The first-order valence-electron chi connectivity index (χ1n) is 8.36. The van der Waals surface area contributed by atoms with Crippen LogP contribution in [-0.4, -0.2) is 53.1 Å². The van der Waals surface area contributed by atoms with Gasteiger partial charge in [0.25, 0.3) is 0 Å². The van der Waals surface area contributed by atoms with E-state index in [4.69, 9.17) is 5.73 Å². The summed E-state index contributed by atoms with van der Waals surface area (Å²) in [4.78, 5) is 26.5. The van der Waals surface area contributed by atoms with E-state index >= 15 is 0 Å². The van der Waals surface area contributed by atoms with Crippen molar-refractivity contribution in [3.05, 3.63) is 30.0 Å². The van der Waals surface area contributed by atoms with Crippen LogP contribution in [0.3, 0.4) is 0 Å². The Bertz CT molecular complexity index is 727. The summed E-state index contributed by atoms with van der Waals surface area (Å²) in [7, 11) is 0. The number of para-hydroxylation sites is 1. The van der Waals surface area contributed by atoms with Crippen molar-refractivity contribution in [1.29, 1.82) is 0 Å². The molecule has 1 aliphatic rings. The number of hydrogen-bond donors (Lipinski definition) is 3. The van der Waals surface area contributed by atoms with E-state index in [9.17, 15) is 9.59 Å². The third-order valence-corrected chi connectivity index (χ3v) is 4.46. The number of aromatic nitrogens is 2. The molecule has 0 spiro atoms. The van der Waals surface area contributed by atoms with Gasteiger partial charge < -0.3 is 16.0 Å². The largest absolute Gasteiger partial charge is 0.355 e. The molecule has 1 atom stereocenters. The second kappa shape index (κ2) is 7.44. The molecule has 0 radical (unpaired) electrons. The van der Waals surface area contributed by atoms with Crippen molar-refractivity contribution in [3.63, 3.8) is 0 Å².